The van der Waals surface area contributed by atoms with Crippen molar-refractivity contribution >= 4 is 27.6 Å². The first-order valence-electron chi connectivity index (χ1n) is 5.86. The van der Waals surface area contributed by atoms with Gasteiger partial charge in [0.15, 0.2) is 0 Å². The molecule has 1 rings (SSSR count). The number of benzene rings is 1. The molecule has 7 nitrogen and oxygen atoms in total. The first kappa shape index (κ1) is 17.9. The van der Waals surface area contributed by atoms with Gasteiger partial charge in [-0.25, -0.2) is 17.9 Å². The lowest BCUT2D eigenvalue weighted by molar-refractivity contribution is 0.0320. The molecule has 0 spiro atoms. The summed E-state index contributed by atoms with van der Waals surface area (Å²) in [6, 6.07) is 3.41. The van der Waals surface area contributed by atoms with E-state index >= 15 is 0 Å². The SMILES string of the molecule is COCC(CNS(=O)(=O)c1ccc(C(=O)O)c(Cl)c1)OC. The van der Waals surface area contributed by atoms with Crippen molar-refractivity contribution in [2.75, 3.05) is 27.4 Å². The van der Waals surface area contributed by atoms with Crippen LogP contribution in [0.25, 0.3) is 0 Å². The van der Waals surface area contributed by atoms with Gasteiger partial charge in [0.1, 0.15) is 0 Å². The summed E-state index contributed by atoms with van der Waals surface area (Å²) in [6.45, 7) is 0.253. The van der Waals surface area contributed by atoms with Crippen LogP contribution in [0.4, 0.5) is 0 Å². The Labute approximate surface area is 127 Å². The molecule has 2 N–H and O–H groups in total. The molecular formula is C12H16ClNO6S. The topological polar surface area (TPSA) is 102 Å². The van der Waals surface area contributed by atoms with Crippen molar-refractivity contribution in [2.24, 2.45) is 0 Å². The third kappa shape index (κ3) is 4.94. The van der Waals surface area contributed by atoms with E-state index in [-0.39, 0.29) is 28.6 Å². The van der Waals surface area contributed by atoms with Crippen molar-refractivity contribution in [1.29, 1.82) is 0 Å². The van der Waals surface area contributed by atoms with Gasteiger partial charge in [0, 0.05) is 20.8 Å². The van der Waals surface area contributed by atoms with Gasteiger partial charge in [-0.1, -0.05) is 11.6 Å². The molecule has 9 heteroatoms. The maximum absolute atomic E-state index is 12.1. The summed E-state index contributed by atoms with van der Waals surface area (Å²) in [6.07, 6.45) is -0.432. The Morgan fingerprint density at radius 3 is 2.57 bits per heavy atom. The normalized spacial score (nSPS) is 13.1. The van der Waals surface area contributed by atoms with E-state index in [1.165, 1.54) is 20.3 Å². The van der Waals surface area contributed by atoms with Gasteiger partial charge < -0.3 is 14.6 Å². The van der Waals surface area contributed by atoms with Gasteiger partial charge in [0.2, 0.25) is 10.0 Å². The predicted octanol–water partition coefficient (Wildman–Crippen LogP) is 0.978. The van der Waals surface area contributed by atoms with Crippen LogP contribution >= 0.6 is 11.6 Å². The standard InChI is InChI=1S/C12H16ClNO6S/c1-19-7-8(20-2)6-14-21(17,18)9-3-4-10(12(15)16)11(13)5-9/h3-5,8,14H,6-7H2,1-2H3,(H,15,16). The molecule has 0 saturated carbocycles. The average Bonchev–Trinajstić information content (AvgIpc) is 2.42. The molecular weight excluding hydrogens is 322 g/mol. The zero-order valence-electron chi connectivity index (χ0n) is 11.5. The van der Waals surface area contributed by atoms with Crippen LogP contribution in [0.2, 0.25) is 5.02 Å². The molecule has 1 atom stereocenters. The van der Waals surface area contributed by atoms with Crippen LogP contribution in [0.1, 0.15) is 10.4 Å². The minimum Gasteiger partial charge on any atom is -0.478 e. The van der Waals surface area contributed by atoms with Crippen molar-refractivity contribution in [3.8, 4) is 0 Å². The highest BCUT2D eigenvalue weighted by molar-refractivity contribution is 7.89. The van der Waals surface area contributed by atoms with E-state index in [1.807, 2.05) is 0 Å². The Morgan fingerprint density at radius 2 is 2.10 bits per heavy atom. The Balaban J connectivity index is 2.88. The molecule has 118 valence electrons. The van der Waals surface area contributed by atoms with Crippen LogP contribution in [0.15, 0.2) is 23.1 Å². The van der Waals surface area contributed by atoms with Gasteiger partial charge in [-0.2, -0.15) is 0 Å². The lowest BCUT2D eigenvalue weighted by atomic mass is 10.2. The van der Waals surface area contributed by atoms with Crippen LogP contribution in [0.3, 0.4) is 0 Å². The summed E-state index contributed by atoms with van der Waals surface area (Å²) in [5.41, 5.74) is -0.162. The van der Waals surface area contributed by atoms with Gasteiger partial charge >= 0.3 is 5.97 Å². The van der Waals surface area contributed by atoms with Gasteiger partial charge in [-0.3, -0.25) is 0 Å². The Morgan fingerprint density at radius 1 is 1.43 bits per heavy atom. The third-order valence-electron chi connectivity index (χ3n) is 2.67. The molecule has 1 unspecified atom stereocenters. The Kier molecular flexibility index (Phi) is 6.56. The summed E-state index contributed by atoms with van der Waals surface area (Å²) >= 11 is 5.75. The number of aromatic carboxylic acids is 1. The van der Waals surface area contributed by atoms with Crippen molar-refractivity contribution in [2.45, 2.75) is 11.0 Å². The van der Waals surface area contributed by atoms with E-state index in [0.717, 1.165) is 12.1 Å². The number of methoxy groups -OCH3 is 2. The molecule has 0 bridgehead atoms. The Hall–Kier alpha value is -1.19. The van der Waals surface area contributed by atoms with Crippen molar-refractivity contribution in [3.05, 3.63) is 28.8 Å². The molecule has 0 aliphatic rings. The zero-order valence-corrected chi connectivity index (χ0v) is 13.1. The molecule has 0 aliphatic heterocycles. The van der Waals surface area contributed by atoms with Gasteiger partial charge in [-0.05, 0) is 18.2 Å². The molecule has 0 fully saturated rings. The fourth-order valence-electron chi connectivity index (χ4n) is 1.52. The highest BCUT2D eigenvalue weighted by atomic mass is 35.5. The number of carboxylic acids is 1. The van der Waals surface area contributed by atoms with Crippen molar-refractivity contribution < 1.29 is 27.8 Å². The molecule has 21 heavy (non-hydrogen) atoms. The lowest BCUT2D eigenvalue weighted by Gasteiger charge is -2.15. The third-order valence-corrected chi connectivity index (χ3v) is 4.40. The second-order valence-electron chi connectivity index (χ2n) is 4.11. The largest absolute Gasteiger partial charge is 0.478 e. The smallest absolute Gasteiger partial charge is 0.337 e. The number of ether oxygens (including phenoxy) is 2. The van der Waals surface area contributed by atoms with E-state index in [0.29, 0.717) is 0 Å². The predicted molar refractivity (Wildman–Crippen MR) is 76.3 cm³/mol. The number of nitrogens with one attached hydrogen (secondary N) is 1. The summed E-state index contributed by atoms with van der Waals surface area (Å²) in [4.78, 5) is 10.7. The van der Waals surface area contributed by atoms with Crippen LogP contribution in [0, 0.1) is 0 Å². The highest BCUT2D eigenvalue weighted by Crippen LogP contribution is 2.20. The van der Waals surface area contributed by atoms with Crippen LogP contribution < -0.4 is 4.72 Å². The molecule has 1 aromatic carbocycles. The molecule has 0 aromatic heterocycles. The van der Waals surface area contributed by atoms with E-state index < -0.39 is 22.1 Å². The maximum Gasteiger partial charge on any atom is 0.337 e. The molecule has 0 radical (unpaired) electrons. The lowest BCUT2D eigenvalue weighted by Crippen LogP contribution is -2.35. The second-order valence-corrected chi connectivity index (χ2v) is 6.29. The van der Waals surface area contributed by atoms with E-state index in [1.54, 1.807) is 0 Å². The molecule has 0 amide bonds. The number of halogens is 1. The molecule has 0 aliphatic carbocycles. The molecule has 0 saturated heterocycles. The number of hydrogen-bond acceptors (Lipinski definition) is 5. The average molecular weight is 338 g/mol. The summed E-state index contributed by atoms with van der Waals surface area (Å²) in [7, 11) is -0.894. The number of hydrogen-bond donors (Lipinski definition) is 2. The Bertz CT molecular complexity index is 604. The van der Waals surface area contributed by atoms with Crippen LogP contribution in [-0.4, -0.2) is 53.0 Å². The van der Waals surface area contributed by atoms with Crippen LogP contribution in [0.5, 0.6) is 0 Å². The van der Waals surface area contributed by atoms with Crippen molar-refractivity contribution in [1.82, 2.24) is 4.72 Å². The number of rotatable bonds is 8. The number of carbonyl (C=O) groups is 1. The minimum absolute atomic E-state index is 0.0188. The fraction of sp³-hybridized carbons (Fsp3) is 0.417. The molecule has 1 aromatic rings. The van der Waals surface area contributed by atoms with Gasteiger partial charge in [0.05, 0.1) is 28.2 Å². The maximum atomic E-state index is 12.1. The minimum atomic E-state index is -3.81. The van der Waals surface area contributed by atoms with E-state index in [9.17, 15) is 13.2 Å². The molecule has 0 heterocycles. The first-order chi connectivity index (χ1) is 9.81. The first-order valence-corrected chi connectivity index (χ1v) is 7.72. The highest BCUT2D eigenvalue weighted by Gasteiger charge is 2.19. The van der Waals surface area contributed by atoms with Gasteiger partial charge in [0.25, 0.3) is 0 Å². The quantitative estimate of drug-likeness (QED) is 0.733. The van der Waals surface area contributed by atoms with E-state index in [4.69, 9.17) is 26.2 Å². The van der Waals surface area contributed by atoms with E-state index in [2.05, 4.69) is 4.72 Å². The summed E-state index contributed by atoms with van der Waals surface area (Å²) < 4.78 is 36.4. The zero-order chi connectivity index (χ0) is 16.0. The van der Waals surface area contributed by atoms with Crippen molar-refractivity contribution in [3.63, 3.8) is 0 Å². The second kappa shape index (κ2) is 7.71. The summed E-state index contributed by atoms with van der Waals surface area (Å²) in [5, 5.41) is 8.70. The fourth-order valence-corrected chi connectivity index (χ4v) is 2.94. The number of carboxylic acid groups (broad SMARTS) is 1. The monoisotopic (exact) mass is 337 g/mol. The van der Waals surface area contributed by atoms with Gasteiger partial charge in [-0.15, -0.1) is 0 Å². The van der Waals surface area contributed by atoms with Crippen LogP contribution in [-0.2, 0) is 19.5 Å². The number of sulfonamides is 1. The summed E-state index contributed by atoms with van der Waals surface area (Å²) in [5.74, 6) is -1.23.